The highest BCUT2D eigenvalue weighted by atomic mass is 28.3. The minimum atomic E-state index is -1.67. The van der Waals surface area contributed by atoms with Crippen molar-refractivity contribution in [2.75, 3.05) is 0 Å². The number of fused-ring (bicyclic) bond motifs is 4. The van der Waals surface area contributed by atoms with Crippen LogP contribution in [0.5, 0.6) is 5.75 Å². The van der Waals surface area contributed by atoms with Gasteiger partial charge in [0.25, 0.3) is 0 Å². The van der Waals surface area contributed by atoms with Gasteiger partial charge in [0.1, 0.15) is 11.6 Å². The van der Waals surface area contributed by atoms with Gasteiger partial charge in [0.15, 0.2) is 0 Å². The summed E-state index contributed by atoms with van der Waals surface area (Å²) in [7, 11) is -1.67. The Morgan fingerprint density at radius 2 is 1.14 bits per heavy atom. The zero-order valence-corrected chi connectivity index (χ0v) is 39.8. The van der Waals surface area contributed by atoms with Gasteiger partial charge >= 0.3 is 0 Å². The zero-order chi connectivity index (χ0) is 44.6. The van der Waals surface area contributed by atoms with E-state index in [1.807, 2.05) is 18.2 Å². The lowest BCUT2D eigenvalue weighted by molar-refractivity contribution is 0.477. The second kappa shape index (κ2) is 15.5. The lowest BCUT2D eigenvalue weighted by Crippen LogP contribution is -2.40. The third kappa shape index (κ3) is 7.80. The highest BCUT2D eigenvalue weighted by molar-refractivity contribution is 6.89. The van der Waals surface area contributed by atoms with E-state index in [0.29, 0.717) is 17.3 Å². The van der Waals surface area contributed by atoms with Crippen LogP contribution in [-0.2, 0) is 17.3 Å². The fraction of sp³-hybridized carbons (Fsp3) is 0.263. The summed E-state index contributed by atoms with van der Waals surface area (Å²) in [5.41, 5.74) is 14.7. The molecule has 0 bridgehead atoms. The number of aromatic nitrogens is 4. The fourth-order valence-corrected chi connectivity index (χ4v) is 10.8. The molecule has 1 N–H and O–H groups in total. The molecule has 0 spiro atoms. The fourth-order valence-electron chi connectivity index (χ4n) is 9.23. The van der Waals surface area contributed by atoms with Gasteiger partial charge in [0, 0.05) is 39.5 Å². The smallest absolute Gasteiger partial charge is 0.149 e. The summed E-state index contributed by atoms with van der Waals surface area (Å²) in [4.78, 5) is 10.8. The maximum Gasteiger partial charge on any atom is 0.149 e. The molecule has 3 aromatic heterocycles. The van der Waals surface area contributed by atoms with Crippen LogP contribution < -0.4 is 5.19 Å². The quantitative estimate of drug-likeness (QED) is 0.155. The summed E-state index contributed by atoms with van der Waals surface area (Å²) in [6, 6.07) is 47.7. The van der Waals surface area contributed by atoms with Crippen LogP contribution in [0.3, 0.4) is 0 Å². The van der Waals surface area contributed by atoms with Gasteiger partial charge in [-0.25, -0.2) is 4.98 Å². The summed E-state index contributed by atoms with van der Waals surface area (Å²) in [6.45, 7) is 25.5. The van der Waals surface area contributed by atoms with Crippen molar-refractivity contribution in [3.05, 3.63) is 156 Å². The zero-order valence-electron chi connectivity index (χ0n) is 38.8. The number of nitrogens with zero attached hydrogens (tertiary/aromatic N) is 4. The first kappa shape index (κ1) is 42.1. The molecule has 0 aliphatic heterocycles. The number of rotatable bonds is 8. The van der Waals surface area contributed by atoms with Gasteiger partial charge in [-0.05, 0) is 117 Å². The van der Waals surface area contributed by atoms with E-state index in [-0.39, 0.29) is 16.6 Å². The molecule has 318 valence electrons. The van der Waals surface area contributed by atoms with Crippen molar-refractivity contribution in [3.8, 4) is 50.9 Å². The average molecular weight is 845 g/mol. The molecule has 0 saturated heterocycles. The molecular formula is C57H60N4OSi. The van der Waals surface area contributed by atoms with Gasteiger partial charge in [0.05, 0.1) is 41.4 Å². The number of pyridine rings is 1. The minimum Gasteiger partial charge on any atom is -0.507 e. The van der Waals surface area contributed by atoms with Crippen LogP contribution in [0.1, 0.15) is 72.1 Å². The third-order valence-corrected chi connectivity index (χ3v) is 14.6. The van der Waals surface area contributed by atoms with Crippen molar-refractivity contribution in [3.63, 3.8) is 0 Å². The maximum atomic E-state index is 11.5. The monoisotopic (exact) mass is 844 g/mol. The lowest BCUT2D eigenvalue weighted by atomic mass is 9.80. The van der Waals surface area contributed by atoms with Crippen LogP contribution in [0, 0.1) is 5.92 Å². The van der Waals surface area contributed by atoms with Gasteiger partial charge in [-0.2, -0.15) is 0 Å². The molecule has 3 heterocycles. The Hall–Kier alpha value is -6.24. The molecule has 5 nitrogen and oxygen atoms in total. The molecule has 0 amide bonds. The van der Waals surface area contributed by atoms with Crippen molar-refractivity contribution in [2.24, 2.45) is 5.92 Å². The number of phenolic OH excluding ortho intramolecular Hbond substituents is 1. The Balaban J connectivity index is 1.36. The van der Waals surface area contributed by atoms with Crippen LogP contribution in [0.4, 0.5) is 0 Å². The Labute approximate surface area is 374 Å². The van der Waals surface area contributed by atoms with Gasteiger partial charge in [-0.15, -0.1) is 0 Å². The lowest BCUT2D eigenvalue weighted by Gasteiger charge is -2.27. The molecule has 0 unspecified atom stereocenters. The number of phenols is 1. The van der Waals surface area contributed by atoms with Crippen LogP contribution >= 0.6 is 0 Å². The first-order chi connectivity index (χ1) is 29.9. The van der Waals surface area contributed by atoms with E-state index in [1.54, 1.807) is 6.07 Å². The number of hydrogen-bond acceptors (Lipinski definition) is 3. The molecule has 6 aromatic carbocycles. The first-order valence-electron chi connectivity index (χ1n) is 22.5. The highest BCUT2D eigenvalue weighted by Crippen LogP contribution is 2.42. The van der Waals surface area contributed by atoms with E-state index in [1.165, 1.54) is 32.6 Å². The molecular weight excluding hydrogens is 785 g/mol. The van der Waals surface area contributed by atoms with E-state index in [0.717, 1.165) is 62.2 Å². The molecule has 0 atom stereocenters. The van der Waals surface area contributed by atoms with E-state index < -0.39 is 8.07 Å². The summed E-state index contributed by atoms with van der Waals surface area (Å²) < 4.78 is 4.66. The number of hydrogen-bond donors (Lipinski definition) is 1. The summed E-state index contributed by atoms with van der Waals surface area (Å²) in [6.07, 6.45) is 3.18. The maximum absolute atomic E-state index is 11.5. The van der Waals surface area contributed by atoms with Crippen molar-refractivity contribution in [1.82, 2.24) is 19.1 Å². The molecule has 9 aromatic rings. The number of benzene rings is 6. The molecule has 0 saturated carbocycles. The van der Waals surface area contributed by atoms with Crippen LogP contribution in [-0.4, -0.2) is 32.3 Å². The average Bonchev–Trinajstić information content (AvgIpc) is 3.79. The number of para-hydroxylation sites is 4. The Kier molecular flexibility index (Phi) is 10.4. The van der Waals surface area contributed by atoms with E-state index in [9.17, 15) is 5.11 Å². The minimum absolute atomic E-state index is 0.0907. The SMILES string of the molecule is CC(C)Cc1cc(-c2cc(-c3cccc4c3nc(-c3ccccc3O)n4-c3cc(C(C)(C)C)cc(C(C)(C)C)c3)cc(-n3c4ccccc4c4ccccc43)c2)ncc1[Si](C)(C)C. The Morgan fingerprint density at radius 1 is 0.587 bits per heavy atom. The molecule has 6 heteroatoms. The van der Waals surface area contributed by atoms with Crippen molar-refractivity contribution >= 4 is 46.1 Å². The van der Waals surface area contributed by atoms with E-state index in [4.69, 9.17) is 9.97 Å². The number of imidazole rings is 1. The molecule has 0 aliphatic rings. The van der Waals surface area contributed by atoms with E-state index >= 15 is 0 Å². The van der Waals surface area contributed by atoms with Crippen LogP contribution in [0.2, 0.25) is 19.6 Å². The van der Waals surface area contributed by atoms with Crippen molar-refractivity contribution in [1.29, 1.82) is 0 Å². The van der Waals surface area contributed by atoms with Crippen molar-refractivity contribution in [2.45, 2.75) is 92.3 Å². The van der Waals surface area contributed by atoms with Gasteiger partial charge in [-0.3, -0.25) is 9.55 Å². The standard InChI is InChI=1S/C57H60N4OSi/c1-36(2)27-39-31-48(58-35-53(39)63(9,10)11)38-28-37(29-42(30-38)60-49-23-15-12-19-45(49)46-20-13-16-24-50(46)60)44-22-18-25-51-54(44)59-55(47-21-14-17-26-52(47)62)61(51)43-33-40(56(3,4)5)32-41(34-43)57(6,7)8/h12-26,28-36,62H,27H2,1-11H3. The number of aromatic hydroxyl groups is 1. The second-order valence-electron chi connectivity index (χ2n) is 20.9. The molecule has 0 aliphatic carbocycles. The van der Waals surface area contributed by atoms with Crippen LogP contribution in [0.25, 0.3) is 78.0 Å². The summed E-state index contributed by atoms with van der Waals surface area (Å²) in [5, 5.41) is 15.3. The summed E-state index contributed by atoms with van der Waals surface area (Å²) >= 11 is 0. The first-order valence-corrected chi connectivity index (χ1v) is 26.0. The van der Waals surface area contributed by atoms with Crippen molar-refractivity contribution < 1.29 is 5.11 Å². The largest absolute Gasteiger partial charge is 0.507 e. The second-order valence-corrected chi connectivity index (χ2v) is 26.0. The highest BCUT2D eigenvalue weighted by Gasteiger charge is 2.26. The Morgan fingerprint density at radius 3 is 1.75 bits per heavy atom. The third-order valence-electron chi connectivity index (χ3n) is 12.5. The van der Waals surface area contributed by atoms with Crippen LogP contribution in [0.15, 0.2) is 140 Å². The normalized spacial score (nSPS) is 12.6. The van der Waals surface area contributed by atoms with E-state index in [2.05, 4.69) is 200 Å². The summed E-state index contributed by atoms with van der Waals surface area (Å²) in [5.74, 6) is 1.41. The predicted molar refractivity (Wildman–Crippen MR) is 270 cm³/mol. The Bertz CT molecular complexity index is 3110. The van der Waals surface area contributed by atoms with Gasteiger partial charge in [0.2, 0.25) is 0 Å². The molecule has 9 rings (SSSR count). The predicted octanol–water partition coefficient (Wildman–Crippen LogP) is 14.6. The molecule has 0 radical (unpaired) electrons. The topological polar surface area (TPSA) is 55.9 Å². The molecule has 63 heavy (non-hydrogen) atoms. The molecule has 0 fully saturated rings. The van der Waals surface area contributed by atoms with Gasteiger partial charge in [-0.1, -0.05) is 142 Å². The van der Waals surface area contributed by atoms with Gasteiger partial charge < -0.3 is 9.67 Å².